The van der Waals surface area contributed by atoms with Crippen LogP contribution >= 0.6 is 15.9 Å². The van der Waals surface area contributed by atoms with Crippen molar-refractivity contribution in [1.29, 1.82) is 0 Å². The van der Waals surface area contributed by atoms with Gasteiger partial charge < -0.3 is 10.1 Å². The maximum atomic E-state index is 13.0. The van der Waals surface area contributed by atoms with Crippen LogP contribution in [0.2, 0.25) is 0 Å². The second-order valence-corrected chi connectivity index (χ2v) is 4.40. The van der Waals surface area contributed by atoms with Crippen LogP contribution in [0, 0.1) is 5.82 Å². The normalized spacial score (nSPS) is 12.2. The molecule has 0 saturated carbocycles. The highest BCUT2D eigenvalue weighted by molar-refractivity contribution is 9.10. The molecule has 0 saturated heterocycles. The number of benzene rings is 1. The van der Waals surface area contributed by atoms with Gasteiger partial charge in [0.2, 0.25) is 0 Å². The lowest BCUT2D eigenvalue weighted by molar-refractivity contribution is 0.0905. The van der Waals surface area contributed by atoms with Gasteiger partial charge in [0.25, 0.3) is 5.91 Å². The van der Waals surface area contributed by atoms with Gasteiger partial charge in [-0.15, -0.1) is 0 Å². The van der Waals surface area contributed by atoms with E-state index in [4.69, 9.17) is 4.74 Å². The zero-order chi connectivity index (χ0) is 12.1. The standard InChI is InChI=1S/C11H13BrFNO2/c1-7(6-16-2)14-11(15)8-3-9(12)5-10(13)4-8/h3-5,7H,6H2,1-2H3,(H,14,15). The highest BCUT2D eigenvalue weighted by Gasteiger charge is 2.11. The summed E-state index contributed by atoms with van der Waals surface area (Å²) < 4.78 is 18.5. The predicted octanol–water partition coefficient (Wildman–Crippen LogP) is 2.35. The Hall–Kier alpha value is -0.940. The van der Waals surface area contributed by atoms with Gasteiger partial charge >= 0.3 is 0 Å². The van der Waals surface area contributed by atoms with Crippen LogP contribution in [0.4, 0.5) is 4.39 Å². The van der Waals surface area contributed by atoms with Crippen molar-refractivity contribution in [2.45, 2.75) is 13.0 Å². The van der Waals surface area contributed by atoms with Crippen molar-refractivity contribution in [3.05, 3.63) is 34.1 Å². The van der Waals surface area contributed by atoms with Crippen LogP contribution in [0.5, 0.6) is 0 Å². The largest absolute Gasteiger partial charge is 0.383 e. The zero-order valence-electron chi connectivity index (χ0n) is 9.09. The fourth-order valence-electron chi connectivity index (χ4n) is 1.28. The smallest absolute Gasteiger partial charge is 0.251 e. The van der Waals surface area contributed by atoms with Crippen molar-refractivity contribution >= 4 is 21.8 Å². The molecule has 1 N–H and O–H groups in total. The Bertz CT molecular complexity index is 364. The van der Waals surface area contributed by atoms with Gasteiger partial charge in [0, 0.05) is 23.2 Å². The Labute approximate surface area is 102 Å². The first-order valence-electron chi connectivity index (χ1n) is 4.79. The summed E-state index contributed by atoms with van der Waals surface area (Å²) in [4.78, 5) is 11.7. The third-order valence-electron chi connectivity index (χ3n) is 1.92. The lowest BCUT2D eigenvalue weighted by Crippen LogP contribution is -2.35. The van der Waals surface area contributed by atoms with E-state index in [-0.39, 0.29) is 17.5 Å². The number of ether oxygens (including phenoxy) is 1. The number of carbonyl (C=O) groups excluding carboxylic acids is 1. The van der Waals surface area contributed by atoms with E-state index in [1.807, 2.05) is 6.92 Å². The summed E-state index contributed by atoms with van der Waals surface area (Å²) in [5, 5.41) is 2.70. The highest BCUT2D eigenvalue weighted by atomic mass is 79.9. The quantitative estimate of drug-likeness (QED) is 0.924. The molecule has 88 valence electrons. The van der Waals surface area contributed by atoms with Crippen molar-refractivity contribution in [3.63, 3.8) is 0 Å². The molecule has 0 aliphatic rings. The van der Waals surface area contributed by atoms with Crippen molar-refractivity contribution in [1.82, 2.24) is 5.32 Å². The summed E-state index contributed by atoms with van der Waals surface area (Å²) in [5.41, 5.74) is 0.287. The number of halogens is 2. The second-order valence-electron chi connectivity index (χ2n) is 3.49. The molecule has 0 radical (unpaired) electrons. The SMILES string of the molecule is COCC(C)NC(=O)c1cc(F)cc(Br)c1. The minimum absolute atomic E-state index is 0.112. The Morgan fingerprint density at radius 3 is 2.81 bits per heavy atom. The van der Waals surface area contributed by atoms with Crippen LogP contribution in [0.25, 0.3) is 0 Å². The van der Waals surface area contributed by atoms with Gasteiger partial charge in [-0.2, -0.15) is 0 Å². The molecule has 3 nitrogen and oxygen atoms in total. The third-order valence-corrected chi connectivity index (χ3v) is 2.38. The zero-order valence-corrected chi connectivity index (χ0v) is 10.7. The van der Waals surface area contributed by atoms with E-state index in [1.54, 1.807) is 13.2 Å². The average Bonchev–Trinajstić information content (AvgIpc) is 2.16. The molecule has 0 heterocycles. The molecular weight excluding hydrogens is 277 g/mol. The summed E-state index contributed by atoms with van der Waals surface area (Å²) >= 11 is 3.13. The summed E-state index contributed by atoms with van der Waals surface area (Å²) in [6, 6.07) is 3.95. The van der Waals surface area contributed by atoms with E-state index in [1.165, 1.54) is 12.1 Å². The summed E-state index contributed by atoms with van der Waals surface area (Å²) in [6.45, 7) is 2.23. The van der Waals surface area contributed by atoms with E-state index in [9.17, 15) is 9.18 Å². The fourth-order valence-corrected chi connectivity index (χ4v) is 1.75. The number of carbonyl (C=O) groups is 1. The van der Waals surface area contributed by atoms with Crippen LogP contribution in [0.3, 0.4) is 0 Å². The Morgan fingerprint density at radius 1 is 1.56 bits per heavy atom. The number of amides is 1. The van der Waals surface area contributed by atoms with Crippen LogP contribution in [-0.4, -0.2) is 25.7 Å². The predicted molar refractivity (Wildman–Crippen MR) is 62.9 cm³/mol. The van der Waals surface area contributed by atoms with Crippen LogP contribution in [0.1, 0.15) is 17.3 Å². The first-order chi connectivity index (χ1) is 7.52. The number of rotatable bonds is 4. The van der Waals surface area contributed by atoms with Crippen LogP contribution in [0.15, 0.2) is 22.7 Å². The molecule has 0 aliphatic heterocycles. The van der Waals surface area contributed by atoms with E-state index in [0.29, 0.717) is 11.1 Å². The Morgan fingerprint density at radius 2 is 2.25 bits per heavy atom. The third kappa shape index (κ3) is 3.90. The molecule has 0 aliphatic carbocycles. The van der Waals surface area contributed by atoms with E-state index >= 15 is 0 Å². The highest BCUT2D eigenvalue weighted by Crippen LogP contribution is 2.14. The molecule has 1 unspecified atom stereocenters. The summed E-state index contributed by atoms with van der Waals surface area (Å²) in [7, 11) is 1.56. The lowest BCUT2D eigenvalue weighted by Gasteiger charge is -2.12. The number of hydrogen-bond acceptors (Lipinski definition) is 2. The molecule has 0 spiro atoms. The average molecular weight is 290 g/mol. The van der Waals surface area contributed by atoms with Gasteiger partial charge in [-0.25, -0.2) is 4.39 Å². The fraction of sp³-hybridized carbons (Fsp3) is 0.364. The summed E-state index contributed by atoms with van der Waals surface area (Å²) in [6.07, 6.45) is 0. The number of methoxy groups -OCH3 is 1. The van der Waals surface area contributed by atoms with Crippen molar-refractivity contribution in [3.8, 4) is 0 Å². The lowest BCUT2D eigenvalue weighted by atomic mass is 10.2. The first kappa shape index (κ1) is 13.1. The molecule has 5 heteroatoms. The minimum atomic E-state index is -0.445. The monoisotopic (exact) mass is 289 g/mol. The van der Waals surface area contributed by atoms with Crippen molar-refractivity contribution in [2.24, 2.45) is 0 Å². The molecule has 16 heavy (non-hydrogen) atoms. The molecule has 1 atom stereocenters. The second kappa shape index (κ2) is 5.96. The molecule has 1 amide bonds. The van der Waals surface area contributed by atoms with Gasteiger partial charge in [-0.05, 0) is 25.1 Å². The number of hydrogen-bond donors (Lipinski definition) is 1. The molecule has 0 aromatic heterocycles. The van der Waals surface area contributed by atoms with E-state index in [2.05, 4.69) is 21.2 Å². The topological polar surface area (TPSA) is 38.3 Å². The first-order valence-corrected chi connectivity index (χ1v) is 5.58. The van der Waals surface area contributed by atoms with Crippen LogP contribution in [-0.2, 0) is 4.74 Å². The number of nitrogens with one attached hydrogen (secondary N) is 1. The Kier molecular flexibility index (Phi) is 4.89. The molecular formula is C11H13BrFNO2. The summed E-state index contributed by atoms with van der Waals surface area (Å²) in [5.74, 6) is -0.760. The minimum Gasteiger partial charge on any atom is -0.383 e. The maximum Gasteiger partial charge on any atom is 0.251 e. The van der Waals surface area contributed by atoms with Gasteiger partial charge in [-0.1, -0.05) is 15.9 Å². The molecule has 1 rings (SSSR count). The molecule has 1 aromatic rings. The molecule has 1 aromatic carbocycles. The molecule has 0 bridgehead atoms. The van der Waals surface area contributed by atoms with Gasteiger partial charge in [-0.3, -0.25) is 4.79 Å². The van der Waals surface area contributed by atoms with Crippen LogP contribution < -0.4 is 5.32 Å². The van der Waals surface area contributed by atoms with Gasteiger partial charge in [0.1, 0.15) is 5.82 Å². The van der Waals surface area contributed by atoms with Crippen molar-refractivity contribution in [2.75, 3.05) is 13.7 Å². The Balaban J connectivity index is 2.72. The van der Waals surface area contributed by atoms with Crippen molar-refractivity contribution < 1.29 is 13.9 Å². The maximum absolute atomic E-state index is 13.0. The van der Waals surface area contributed by atoms with E-state index < -0.39 is 5.82 Å². The molecule has 0 fully saturated rings. The van der Waals surface area contributed by atoms with Gasteiger partial charge in [0.05, 0.1) is 6.61 Å². The van der Waals surface area contributed by atoms with E-state index in [0.717, 1.165) is 0 Å². The van der Waals surface area contributed by atoms with Gasteiger partial charge in [0.15, 0.2) is 0 Å².